The molecule has 2 unspecified atom stereocenters. The molecule has 106 valence electrons. The Morgan fingerprint density at radius 3 is 2.68 bits per heavy atom. The summed E-state index contributed by atoms with van der Waals surface area (Å²) in [5.74, 6) is -0.423. The van der Waals surface area contributed by atoms with Gasteiger partial charge in [0.05, 0.1) is 5.02 Å². The Kier molecular flexibility index (Phi) is 4.15. The van der Waals surface area contributed by atoms with Crippen LogP contribution in [0.1, 0.15) is 6.92 Å². The van der Waals surface area contributed by atoms with Crippen LogP contribution in [0.2, 0.25) is 5.02 Å². The maximum absolute atomic E-state index is 13.2. The maximum atomic E-state index is 13.2. The Morgan fingerprint density at radius 2 is 2.11 bits per heavy atom. The van der Waals surface area contributed by atoms with E-state index in [0.29, 0.717) is 6.54 Å². The summed E-state index contributed by atoms with van der Waals surface area (Å²) >= 11 is 5.83. The summed E-state index contributed by atoms with van der Waals surface area (Å²) in [7, 11) is -1.87. The van der Waals surface area contributed by atoms with Gasteiger partial charge in [0.2, 0.25) is 10.0 Å². The lowest BCUT2D eigenvalue weighted by Gasteiger charge is -2.17. The average Bonchev–Trinajstić information content (AvgIpc) is 2.60. The van der Waals surface area contributed by atoms with E-state index >= 15 is 0 Å². The summed E-state index contributed by atoms with van der Waals surface area (Å²) in [6.45, 7) is 3.43. The molecule has 0 aromatic heterocycles. The van der Waals surface area contributed by atoms with Crippen LogP contribution in [0.3, 0.4) is 0 Å². The van der Waals surface area contributed by atoms with Gasteiger partial charge in [0.15, 0.2) is 0 Å². The third-order valence-corrected chi connectivity index (χ3v) is 5.26. The molecular formula is C12H16ClFN2O2S. The second-order valence-electron chi connectivity index (χ2n) is 5.00. The smallest absolute Gasteiger partial charge is 0.242 e. The van der Waals surface area contributed by atoms with Gasteiger partial charge in [0, 0.05) is 19.1 Å². The molecule has 19 heavy (non-hydrogen) atoms. The van der Waals surface area contributed by atoms with Crippen LogP contribution in [0.4, 0.5) is 4.39 Å². The first kappa shape index (κ1) is 14.7. The Hall–Kier alpha value is -0.690. The van der Waals surface area contributed by atoms with Crippen molar-refractivity contribution in [1.82, 2.24) is 9.62 Å². The van der Waals surface area contributed by atoms with Gasteiger partial charge in [0.1, 0.15) is 10.7 Å². The van der Waals surface area contributed by atoms with Crippen LogP contribution in [0.5, 0.6) is 0 Å². The average molecular weight is 307 g/mol. The van der Waals surface area contributed by atoms with Crippen LogP contribution in [-0.2, 0) is 10.0 Å². The van der Waals surface area contributed by atoms with Gasteiger partial charge in [-0.25, -0.2) is 17.5 Å². The molecular weight excluding hydrogens is 291 g/mol. The molecule has 1 N–H and O–H groups in total. The summed E-state index contributed by atoms with van der Waals surface area (Å²) in [6, 6.07) is 3.13. The van der Waals surface area contributed by atoms with Crippen molar-refractivity contribution in [3.05, 3.63) is 29.0 Å². The van der Waals surface area contributed by atoms with Crippen LogP contribution in [0.25, 0.3) is 0 Å². The van der Waals surface area contributed by atoms with Crippen molar-refractivity contribution < 1.29 is 12.8 Å². The van der Waals surface area contributed by atoms with Gasteiger partial charge in [0.25, 0.3) is 0 Å². The highest BCUT2D eigenvalue weighted by Crippen LogP contribution is 2.24. The van der Waals surface area contributed by atoms with Crippen LogP contribution in [-0.4, -0.2) is 39.5 Å². The predicted molar refractivity (Wildman–Crippen MR) is 72.2 cm³/mol. The third kappa shape index (κ3) is 3.25. The molecule has 4 nitrogen and oxygen atoms in total. The van der Waals surface area contributed by atoms with Gasteiger partial charge in [-0.05, 0) is 31.2 Å². The molecule has 2 rings (SSSR count). The molecule has 0 saturated carbocycles. The van der Waals surface area contributed by atoms with Gasteiger partial charge in [-0.3, -0.25) is 0 Å². The normalized spacial score (nSPS) is 24.8. The number of nitrogens with one attached hydrogen (secondary N) is 1. The number of halogens is 2. The molecule has 0 bridgehead atoms. The molecule has 2 atom stereocenters. The summed E-state index contributed by atoms with van der Waals surface area (Å²) in [4.78, 5) is 1.83. The molecule has 1 aromatic rings. The van der Waals surface area contributed by atoms with Crippen molar-refractivity contribution in [2.24, 2.45) is 5.92 Å². The van der Waals surface area contributed by atoms with Crippen molar-refractivity contribution in [2.75, 3.05) is 20.1 Å². The standard InChI is InChI=1S/C12H16ClFN2O2S/c1-8-6-16(2)7-11(8)15-19(17,18)12-5-9(14)3-4-10(12)13/h3-5,8,11,15H,6-7H2,1-2H3. The first-order chi connectivity index (χ1) is 8.79. The van der Waals surface area contributed by atoms with E-state index in [4.69, 9.17) is 11.6 Å². The minimum absolute atomic E-state index is 0.0212. The van der Waals surface area contributed by atoms with Crippen molar-refractivity contribution >= 4 is 21.6 Å². The molecule has 0 amide bonds. The second-order valence-corrected chi connectivity index (χ2v) is 7.09. The number of benzene rings is 1. The van der Waals surface area contributed by atoms with Crippen LogP contribution >= 0.6 is 11.6 Å². The van der Waals surface area contributed by atoms with E-state index in [9.17, 15) is 12.8 Å². The third-order valence-electron chi connectivity index (χ3n) is 3.28. The topological polar surface area (TPSA) is 49.4 Å². The number of sulfonamides is 1. The lowest BCUT2D eigenvalue weighted by Crippen LogP contribution is -2.39. The summed E-state index contributed by atoms with van der Waals surface area (Å²) in [6.07, 6.45) is 0. The van der Waals surface area contributed by atoms with Crippen molar-refractivity contribution in [3.8, 4) is 0 Å². The monoisotopic (exact) mass is 306 g/mol. The van der Waals surface area contributed by atoms with E-state index in [1.807, 2.05) is 18.9 Å². The van der Waals surface area contributed by atoms with Crippen molar-refractivity contribution in [2.45, 2.75) is 17.9 Å². The summed E-state index contributed by atoms with van der Waals surface area (Å²) < 4.78 is 40.2. The SMILES string of the molecule is CC1CN(C)CC1NS(=O)(=O)c1cc(F)ccc1Cl. The van der Waals surface area contributed by atoms with Gasteiger partial charge in [-0.15, -0.1) is 0 Å². The molecule has 1 fully saturated rings. The van der Waals surface area contributed by atoms with Crippen molar-refractivity contribution in [3.63, 3.8) is 0 Å². The quantitative estimate of drug-likeness (QED) is 0.925. The molecule has 0 spiro atoms. The fraction of sp³-hybridized carbons (Fsp3) is 0.500. The minimum Gasteiger partial charge on any atom is -0.304 e. The van der Waals surface area contributed by atoms with Gasteiger partial charge in [-0.1, -0.05) is 18.5 Å². The number of hydrogen-bond donors (Lipinski definition) is 1. The van der Waals surface area contributed by atoms with E-state index in [1.54, 1.807) is 0 Å². The summed E-state index contributed by atoms with van der Waals surface area (Å²) in [5.41, 5.74) is 0. The Labute approximate surface area is 117 Å². The zero-order valence-electron chi connectivity index (χ0n) is 10.7. The number of nitrogens with zero attached hydrogens (tertiary/aromatic N) is 1. The molecule has 1 heterocycles. The lowest BCUT2D eigenvalue weighted by atomic mass is 10.1. The molecule has 0 radical (unpaired) electrons. The number of rotatable bonds is 3. The van der Waals surface area contributed by atoms with Crippen LogP contribution in [0.15, 0.2) is 23.1 Å². The van der Waals surface area contributed by atoms with Gasteiger partial charge in [-0.2, -0.15) is 0 Å². The number of likely N-dealkylation sites (tertiary alicyclic amines) is 1. The highest BCUT2D eigenvalue weighted by Gasteiger charge is 2.32. The van der Waals surface area contributed by atoms with Crippen LogP contribution in [0, 0.1) is 11.7 Å². The zero-order valence-corrected chi connectivity index (χ0v) is 12.3. The Morgan fingerprint density at radius 1 is 1.42 bits per heavy atom. The highest BCUT2D eigenvalue weighted by molar-refractivity contribution is 7.89. The number of hydrogen-bond acceptors (Lipinski definition) is 3. The largest absolute Gasteiger partial charge is 0.304 e. The van der Waals surface area contributed by atoms with E-state index in [-0.39, 0.29) is 21.9 Å². The first-order valence-electron chi connectivity index (χ1n) is 5.95. The first-order valence-corrected chi connectivity index (χ1v) is 7.81. The molecule has 1 saturated heterocycles. The lowest BCUT2D eigenvalue weighted by molar-refractivity contribution is 0.400. The molecule has 1 aliphatic heterocycles. The predicted octanol–water partition coefficient (Wildman–Crippen LogP) is 1.71. The van der Waals surface area contributed by atoms with E-state index < -0.39 is 15.8 Å². The number of likely N-dealkylation sites (N-methyl/N-ethyl adjacent to an activating group) is 1. The van der Waals surface area contributed by atoms with E-state index in [0.717, 1.165) is 18.7 Å². The Bertz CT molecular complexity index is 579. The molecule has 7 heteroatoms. The molecule has 1 aliphatic rings. The maximum Gasteiger partial charge on any atom is 0.242 e. The summed E-state index contributed by atoms with van der Waals surface area (Å²) in [5, 5.41) is 0.0212. The second kappa shape index (κ2) is 5.36. The van der Waals surface area contributed by atoms with Gasteiger partial charge >= 0.3 is 0 Å². The zero-order chi connectivity index (χ0) is 14.2. The van der Waals surface area contributed by atoms with E-state index in [2.05, 4.69) is 4.72 Å². The minimum atomic E-state index is -3.80. The fourth-order valence-corrected chi connectivity index (χ4v) is 4.16. The van der Waals surface area contributed by atoms with E-state index in [1.165, 1.54) is 6.07 Å². The highest BCUT2D eigenvalue weighted by atomic mass is 35.5. The molecule has 0 aliphatic carbocycles. The van der Waals surface area contributed by atoms with Crippen LogP contribution < -0.4 is 4.72 Å². The van der Waals surface area contributed by atoms with Crippen molar-refractivity contribution in [1.29, 1.82) is 0 Å². The van der Waals surface area contributed by atoms with Gasteiger partial charge < -0.3 is 4.90 Å². The molecule has 1 aromatic carbocycles. The fourth-order valence-electron chi connectivity index (χ4n) is 2.31. The Balaban J connectivity index is 2.26.